The highest BCUT2D eigenvalue weighted by atomic mass is 16.5. The van der Waals surface area contributed by atoms with E-state index >= 15 is 0 Å². The average molecular weight is 668 g/mol. The number of nitrogens with zero attached hydrogens (tertiary/aromatic N) is 1. The Morgan fingerprint density at radius 1 is 0.857 bits per heavy atom. The monoisotopic (exact) mass is 667 g/mol. The molecular formula is C40H49N3O6. The number of carbonyl (C=O) groups excluding carboxylic acids is 4. The third-order valence-electron chi connectivity index (χ3n) is 9.76. The van der Waals surface area contributed by atoms with Gasteiger partial charge in [0.25, 0.3) is 5.91 Å². The molecule has 0 saturated carbocycles. The summed E-state index contributed by atoms with van der Waals surface area (Å²) in [6.07, 6.45) is 4.90. The van der Waals surface area contributed by atoms with Crippen LogP contribution in [0.4, 0.5) is 0 Å². The normalized spacial score (nSPS) is 19.1. The van der Waals surface area contributed by atoms with Crippen LogP contribution >= 0.6 is 0 Å². The molecule has 1 heterocycles. The van der Waals surface area contributed by atoms with Crippen molar-refractivity contribution >= 4 is 23.7 Å². The highest BCUT2D eigenvalue weighted by Gasteiger charge is 2.48. The SMILES string of the molecule is COc1ccccc1C(=O)NC1CCN(C(=O)[C@H]2CC[C@@](C(=O)NCCCCCC(=O)OC(C)C)(c3ccccc3)c3ccccc32)CC1. The molecular weight excluding hydrogens is 618 g/mol. The number of likely N-dealkylation sites (tertiary alicyclic amines) is 1. The van der Waals surface area contributed by atoms with Crippen LogP contribution in [0.5, 0.6) is 5.75 Å². The molecule has 2 N–H and O–H groups in total. The van der Waals surface area contributed by atoms with Gasteiger partial charge in [-0.3, -0.25) is 19.2 Å². The van der Waals surface area contributed by atoms with Crippen LogP contribution in [0.3, 0.4) is 0 Å². The third kappa shape index (κ3) is 8.32. The number of benzene rings is 3. The van der Waals surface area contributed by atoms with Gasteiger partial charge in [0.05, 0.1) is 30.1 Å². The molecule has 0 unspecified atom stereocenters. The number of ether oxygens (including phenoxy) is 2. The highest BCUT2D eigenvalue weighted by molar-refractivity contribution is 5.97. The lowest BCUT2D eigenvalue weighted by molar-refractivity contribution is -0.147. The number of unbranched alkanes of at least 4 members (excludes halogenated alkanes) is 2. The van der Waals surface area contributed by atoms with Gasteiger partial charge in [-0.05, 0) is 81.2 Å². The van der Waals surface area contributed by atoms with Gasteiger partial charge in [-0.15, -0.1) is 0 Å². The first-order chi connectivity index (χ1) is 23.7. The summed E-state index contributed by atoms with van der Waals surface area (Å²) in [6, 6.07) is 24.9. The Hall–Kier alpha value is -4.66. The molecule has 0 radical (unpaired) electrons. The molecule has 1 fully saturated rings. The van der Waals surface area contributed by atoms with Crippen LogP contribution in [-0.2, 0) is 24.5 Å². The first-order valence-corrected chi connectivity index (χ1v) is 17.6. The molecule has 0 aromatic heterocycles. The minimum absolute atomic E-state index is 0.0385. The fraction of sp³-hybridized carbons (Fsp3) is 0.450. The standard InChI is InChI=1S/C40H49N3O6/c1-28(2)49-36(44)20-8-5-13-25-41-39(47)40(29-14-6-4-7-15-29)24-21-32(31-16-9-11-18-34(31)40)38(46)43-26-22-30(23-27-43)42-37(45)33-17-10-12-19-35(33)48-3/h4,6-7,9-12,14-19,28,30,32H,5,8,13,20-27H2,1-3H3,(H,41,47)(H,42,45)/t32-,40+/m0/s1. The van der Waals surface area contributed by atoms with Gasteiger partial charge in [0.2, 0.25) is 11.8 Å². The lowest BCUT2D eigenvalue weighted by Crippen LogP contribution is -2.51. The molecule has 9 nitrogen and oxygen atoms in total. The van der Waals surface area contributed by atoms with Gasteiger partial charge in [0.1, 0.15) is 5.75 Å². The van der Waals surface area contributed by atoms with Crippen molar-refractivity contribution in [2.75, 3.05) is 26.7 Å². The average Bonchev–Trinajstić information content (AvgIpc) is 3.12. The maximum Gasteiger partial charge on any atom is 0.306 e. The smallest absolute Gasteiger partial charge is 0.306 e. The molecule has 9 heteroatoms. The zero-order valence-corrected chi connectivity index (χ0v) is 28.9. The van der Waals surface area contributed by atoms with Crippen molar-refractivity contribution in [1.29, 1.82) is 0 Å². The first-order valence-electron chi connectivity index (χ1n) is 17.6. The fourth-order valence-corrected chi connectivity index (χ4v) is 7.29. The van der Waals surface area contributed by atoms with Crippen molar-refractivity contribution in [3.8, 4) is 5.75 Å². The number of esters is 1. The van der Waals surface area contributed by atoms with E-state index in [4.69, 9.17) is 9.47 Å². The Morgan fingerprint density at radius 3 is 2.29 bits per heavy atom. The van der Waals surface area contributed by atoms with Crippen LogP contribution in [0, 0.1) is 0 Å². The van der Waals surface area contributed by atoms with E-state index in [1.165, 1.54) is 0 Å². The molecule has 0 bridgehead atoms. The Labute approximate surface area is 289 Å². The molecule has 2 atom stereocenters. The second kappa shape index (κ2) is 16.6. The van der Waals surface area contributed by atoms with Crippen molar-refractivity contribution in [3.63, 3.8) is 0 Å². The topological polar surface area (TPSA) is 114 Å². The molecule has 1 aliphatic carbocycles. The second-order valence-electron chi connectivity index (χ2n) is 13.3. The summed E-state index contributed by atoms with van der Waals surface area (Å²) < 4.78 is 10.6. The van der Waals surface area contributed by atoms with Crippen LogP contribution in [0.25, 0.3) is 0 Å². The molecule has 3 aromatic rings. The molecule has 1 aliphatic heterocycles. The van der Waals surface area contributed by atoms with Gasteiger partial charge in [-0.25, -0.2) is 0 Å². The Morgan fingerprint density at radius 2 is 1.55 bits per heavy atom. The van der Waals surface area contributed by atoms with Gasteiger partial charge < -0.3 is 25.0 Å². The minimum atomic E-state index is -0.925. The van der Waals surface area contributed by atoms with Gasteiger partial charge in [0.15, 0.2) is 0 Å². The van der Waals surface area contributed by atoms with Crippen LogP contribution in [-0.4, -0.2) is 67.5 Å². The van der Waals surface area contributed by atoms with Crippen LogP contribution in [0.15, 0.2) is 78.9 Å². The highest BCUT2D eigenvalue weighted by Crippen LogP contribution is 2.48. The van der Waals surface area contributed by atoms with Crippen molar-refractivity contribution in [3.05, 3.63) is 101 Å². The summed E-state index contributed by atoms with van der Waals surface area (Å²) in [5.41, 5.74) is 2.25. The Bertz CT molecular complexity index is 1600. The van der Waals surface area contributed by atoms with Crippen molar-refractivity contribution < 1.29 is 28.7 Å². The number of piperidine rings is 1. The number of rotatable bonds is 13. The van der Waals surface area contributed by atoms with Gasteiger partial charge in [-0.1, -0.05) is 73.2 Å². The zero-order chi connectivity index (χ0) is 34.8. The first kappa shape index (κ1) is 35.6. The van der Waals surface area contributed by atoms with Gasteiger partial charge in [0, 0.05) is 32.1 Å². The zero-order valence-electron chi connectivity index (χ0n) is 28.9. The summed E-state index contributed by atoms with van der Waals surface area (Å²) in [4.78, 5) is 55.2. The summed E-state index contributed by atoms with van der Waals surface area (Å²) in [6.45, 7) is 5.28. The van der Waals surface area contributed by atoms with Crippen molar-refractivity contribution in [2.24, 2.45) is 0 Å². The van der Waals surface area contributed by atoms with E-state index in [0.29, 0.717) is 69.5 Å². The number of para-hydroxylation sites is 1. The molecule has 3 amide bonds. The number of methoxy groups -OCH3 is 1. The molecule has 260 valence electrons. The molecule has 1 saturated heterocycles. The largest absolute Gasteiger partial charge is 0.496 e. The van der Waals surface area contributed by atoms with E-state index in [1.807, 2.05) is 85.5 Å². The maximum absolute atomic E-state index is 14.3. The predicted molar refractivity (Wildman–Crippen MR) is 188 cm³/mol. The minimum Gasteiger partial charge on any atom is -0.496 e. The maximum atomic E-state index is 14.3. The van der Waals surface area contributed by atoms with E-state index in [2.05, 4.69) is 10.6 Å². The molecule has 0 spiro atoms. The lowest BCUT2D eigenvalue weighted by atomic mass is 9.62. The Kier molecular flexibility index (Phi) is 12.1. The van der Waals surface area contributed by atoms with E-state index < -0.39 is 5.41 Å². The molecule has 3 aromatic carbocycles. The lowest BCUT2D eigenvalue weighted by Gasteiger charge is -2.42. The number of amides is 3. The number of nitrogens with one attached hydrogen (secondary N) is 2. The number of fused-ring (bicyclic) bond motifs is 1. The van der Waals surface area contributed by atoms with E-state index in [1.54, 1.807) is 19.2 Å². The van der Waals surface area contributed by atoms with Gasteiger partial charge >= 0.3 is 5.97 Å². The summed E-state index contributed by atoms with van der Waals surface area (Å²) in [7, 11) is 1.55. The predicted octanol–water partition coefficient (Wildman–Crippen LogP) is 5.91. The van der Waals surface area contributed by atoms with Crippen LogP contribution in [0.2, 0.25) is 0 Å². The number of carbonyl (C=O) groups is 4. The van der Waals surface area contributed by atoms with Crippen LogP contribution < -0.4 is 15.4 Å². The summed E-state index contributed by atoms with van der Waals surface area (Å²) in [5, 5.41) is 6.33. The number of hydrogen-bond acceptors (Lipinski definition) is 6. The van der Waals surface area contributed by atoms with Crippen molar-refractivity contribution in [1.82, 2.24) is 15.5 Å². The van der Waals surface area contributed by atoms with E-state index in [0.717, 1.165) is 29.5 Å². The molecule has 2 aliphatic rings. The fourth-order valence-electron chi connectivity index (χ4n) is 7.29. The number of hydrogen-bond donors (Lipinski definition) is 2. The molecule has 5 rings (SSSR count). The third-order valence-corrected chi connectivity index (χ3v) is 9.76. The van der Waals surface area contributed by atoms with Crippen molar-refractivity contribution in [2.45, 2.75) is 88.7 Å². The Balaban J connectivity index is 1.25. The summed E-state index contributed by atoms with van der Waals surface area (Å²) >= 11 is 0. The van der Waals surface area contributed by atoms with Gasteiger partial charge in [-0.2, -0.15) is 0 Å². The quantitative estimate of drug-likeness (QED) is 0.173. The van der Waals surface area contributed by atoms with E-state index in [-0.39, 0.29) is 41.8 Å². The van der Waals surface area contributed by atoms with Crippen LogP contribution in [0.1, 0.15) is 98.2 Å². The molecule has 49 heavy (non-hydrogen) atoms. The van der Waals surface area contributed by atoms with E-state index in [9.17, 15) is 19.2 Å². The summed E-state index contributed by atoms with van der Waals surface area (Å²) in [5.74, 6) is -0.186. The second-order valence-corrected chi connectivity index (χ2v) is 13.3.